The topological polar surface area (TPSA) is 99.9 Å². The van der Waals surface area contributed by atoms with Gasteiger partial charge in [-0.25, -0.2) is 14.5 Å². The third-order valence-corrected chi connectivity index (χ3v) is 5.86. The zero-order valence-electron chi connectivity index (χ0n) is 22.7. The predicted molar refractivity (Wildman–Crippen MR) is 152 cm³/mol. The molecule has 0 spiro atoms. The lowest BCUT2D eigenvalue weighted by Crippen LogP contribution is -2.29. The average Bonchev–Trinajstić information content (AvgIpc) is 3.35. The normalized spacial score (nSPS) is 11.7. The van der Waals surface area contributed by atoms with Gasteiger partial charge in [-0.3, -0.25) is 4.79 Å². The molecule has 41 heavy (non-hydrogen) atoms. The number of carbonyl (C=O) groups excluding carboxylic acids is 1. The van der Waals surface area contributed by atoms with Gasteiger partial charge in [0.1, 0.15) is 0 Å². The Balaban J connectivity index is 1.76. The van der Waals surface area contributed by atoms with E-state index in [2.05, 4.69) is 37.0 Å². The third-order valence-electron chi connectivity index (χ3n) is 5.86. The highest BCUT2D eigenvalue weighted by molar-refractivity contribution is 6.02. The van der Waals surface area contributed by atoms with Crippen LogP contribution in [0.4, 0.5) is 36.2 Å². The first-order chi connectivity index (χ1) is 19.5. The Morgan fingerprint density at radius 2 is 1.95 bits per heavy atom. The Morgan fingerprint density at radius 3 is 2.68 bits per heavy atom. The van der Waals surface area contributed by atoms with Gasteiger partial charge in [-0.05, 0) is 38.4 Å². The first-order valence-electron chi connectivity index (χ1n) is 12.5. The lowest BCUT2D eigenvalue weighted by Gasteiger charge is -2.26. The summed E-state index contributed by atoms with van der Waals surface area (Å²) >= 11 is 0. The maximum Gasteiger partial charge on any atom is 0.573 e. The number of benzene rings is 1. The second-order valence-corrected chi connectivity index (χ2v) is 9.20. The van der Waals surface area contributed by atoms with Crippen LogP contribution in [0.3, 0.4) is 0 Å². The first kappa shape index (κ1) is 29.1. The number of hydrogen-bond acceptors (Lipinski definition) is 8. The smallest absolute Gasteiger partial charge is 0.403 e. The van der Waals surface area contributed by atoms with Crippen LogP contribution in [0.2, 0.25) is 0 Å². The van der Waals surface area contributed by atoms with Crippen molar-refractivity contribution < 1.29 is 22.7 Å². The van der Waals surface area contributed by atoms with Crippen molar-refractivity contribution in [3.8, 4) is 17.0 Å². The molecular weight excluding hydrogens is 537 g/mol. The van der Waals surface area contributed by atoms with Gasteiger partial charge in [-0.2, -0.15) is 5.10 Å². The summed E-state index contributed by atoms with van der Waals surface area (Å²) in [4.78, 5) is 24.9. The van der Waals surface area contributed by atoms with Crippen molar-refractivity contribution in [3.05, 3.63) is 79.8 Å². The zero-order valence-corrected chi connectivity index (χ0v) is 22.7. The Hall–Kier alpha value is -4.91. The van der Waals surface area contributed by atoms with Gasteiger partial charge >= 0.3 is 6.36 Å². The molecule has 1 amide bonds. The van der Waals surface area contributed by atoms with Crippen LogP contribution in [0.1, 0.15) is 0 Å². The van der Waals surface area contributed by atoms with Crippen molar-refractivity contribution in [1.82, 2.24) is 24.5 Å². The Bertz CT molecular complexity index is 1570. The summed E-state index contributed by atoms with van der Waals surface area (Å²) in [6.45, 7) is 4.61. The van der Waals surface area contributed by atoms with Crippen molar-refractivity contribution in [2.75, 3.05) is 49.8 Å². The fraction of sp³-hybridized carbons (Fsp3) is 0.214. The number of aromatic nitrogens is 4. The lowest BCUT2D eigenvalue weighted by atomic mass is 10.2. The molecule has 4 aromatic rings. The van der Waals surface area contributed by atoms with Gasteiger partial charge in [0.05, 0.1) is 34.5 Å². The molecule has 0 bridgehead atoms. The average molecular weight is 567 g/mol. The molecule has 0 aliphatic heterocycles. The van der Waals surface area contributed by atoms with E-state index >= 15 is 0 Å². The minimum absolute atomic E-state index is 0.0161. The highest BCUT2D eigenvalue weighted by Gasteiger charge is 2.33. The van der Waals surface area contributed by atoms with E-state index in [9.17, 15) is 18.0 Å². The van der Waals surface area contributed by atoms with E-state index < -0.39 is 18.0 Å². The number of anilines is 4. The number of halogens is 3. The van der Waals surface area contributed by atoms with Crippen LogP contribution in [-0.4, -0.2) is 71.0 Å². The lowest BCUT2D eigenvalue weighted by molar-refractivity contribution is -0.274. The molecule has 13 heteroatoms. The van der Waals surface area contributed by atoms with E-state index in [4.69, 9.17) is 0 Å². The molecule has 0 saturated heterocycles. The minimum atomic E-state index is -4.98. The van der Waals surface area contributed by atoms with Gasteiger partial charge in [0.25, 0.3) is 0 Å². The maximum absolute atomic E-state index is 13.5. The van der Waals surface area contributed by atoms with Gasteiger partial charge in [0.15, 0.2) is 5.75 Å². The number of pyridine rings is 1. The summed E-state index contributed by atoms with van der Waals surface area (Å²) in [5.41, 5.74) is 2.47. The molecule has 0 aliphatic carbocycles. The number of likely N-dealkylation sites (N-methyl/N-ethyl adjacent to an activating group) is 2. The van der Waals surface area contributed by atoms with Crippen molar-refractivity contribution in [3.63, 3.8) is 0 Å². The molecule has 10 nitrogen and oxygen atoms in total. The maximum atomic E-state index is 13.5. The van der Waals surface area contributed by atoms with Crippen molar-refractivity contribution in [2.45, 2.75) is 6.36 Å². The second-order valence-electron chi connectivity index (χ2n) is 9.20. The van der Waals surface area contributed by atoms with Gasteiger partial charge < -0.3 is 25.2 Å². The summed E-state index contributed by atoms with van der Waals surface area (Å²) in [5.74, 6) is -0.995. The molecule has 3 heterocycles. The molecule has 0 unspecified atom stereocenters. The van der Waals surface area contributed by atoms with E-state index in [1.54, 1.807) is 34.9 Å². The van der Waals surface area contributed by atoms with Crippen LogP contribution < -0.4 is 20.3 Å². The van der Waals surface area contributed by atoms with Crippen LogP contribution in [0.25, 0.3) is 16.8 Å². The number of rotatable bonds is 11. The Kier molecular flexibility index (Phi) is 8.87. The Morgan fingerprint density at radius 1 is 1.15 bits per heavy atom. The molecular formula is C28H29F3N8O2. The molecule has 0 aliphatic rings. The summed E-state index contributed by atoms with van der Waals surface area (Å²) in [5, 5.41) is 9.87. The van der Waals surface area contributed by atoms with Crippen LogP contribution in [-0.2, 0) is 4.79 Å². The zero-order chi connectivity index (χ0) is 29.6. The highest BCUT2D eigenvalue weighted by atomic mass is 19.4. The van der Waals surface area contributed by atoms with E-state index in [1.807, 2.05) is 37.2 Å². The number of alkyl halides is 3. The first-order valence-corrected chi connectivity index (χ1v) is 12.5. The quantitative estimate of drug-likeness (QED) is 0.191. The summed E-state index contributed by atoms with van der Waals surface area (Å²) in [6, 6.07) is 9.81. The van der Waals surface area contributed by atoms with E-state index in [0.29, 0.717) is 30.0 Å². The van der Waals surface area contributed by atoms with Crippen molar-refractivity contribution in [1.29, 1.82) is 0 Å². The monoisotopic (exact) mass is 566 g/mol. The molecule has 0 atom stereocenters. The van der Waals surface area contributed by atoms with Gasteiger partial charge in [0, 0.05) is 50.2 Å². The third kappa shape index (κ3) is 7.60. The van der Waals surface area contributed by atoms with Crippen LogP contribution in [0.15, 0.2) is 79.8 Å². The Labute approximate surface area is 234 Å². The summed E-state index contributed by atoms with van der Waals surface area (Å²) in [6.07, 6.45) is 4.07. The summed E-state index contributed by atoms with van der Waals surface area (Å²) in [7, 11) is 5.47. The number of nitrogens with zero attached hydrogens (tertiary/aromatic N) is 6. The molecule has 0 saturated carbocycles. The van der Waals surface area contributed by atoms with Crippen LogP contribution in [0, 0.1) is 0 Å². The molecule has 3 aromatic heterocycles. The van der Waals surface area contributed by atoms with E-state index in [-0.39, 0.29) is 17.3 Å². The van der Waals surface area contributed by atoms with Crippen LogP contribution in [0.5, 0.6) is 5.75 Å². The molecule has 1 aromatic carbocycles. The number of nitrogens with one attached hydrogen (secondary N) is 2. The fourth-order valence-electron chi connectivity index (χ4n) is 3.91. The molecule has 214 valence electrons. The number of hydrogen-bond donors (Lipinski definition) is 2. The van der Waals surface area contributed by atoms with E-state index in [0.717, 1.165) is 5.52 Å². The van der Waals surface area contributed by atoms with Crippen molar-refractivity contribution >= 4 is 34.4 Å². The van der Waals surface area contributed by atoms with Gasteiger partial charge in [-0.15, -0.1) is 13.2 Å². The number of fused-ring (bicyclic) bond motifs is 1. The largest absolute Gasteiger partial charge is 0.573 e. The molecule has 0 fully saturated rings. The van der Waals surface area contributed by atoms with Gasteiger partial charge in [-0.1, -0.05) is 24.8 Å². The summed E-state index contributed by atoms with van der Waals surface area (Å²) < 4.78 is 46.6. The molecule has 4 rings (SSSR count). The van der Waals surface area contributed by atoms with Crippen LogP contribution >= 0.6 is 0 Å². The minimum Gasteiger partial charge on any atom is -0.403 e. The van der Waals surface area contributed by atoms with Gasteiger partial charge in [0.2, 0.25) is 11.9 Å². The highest BCUT2D eigenvalue weighted by Crippen LogP contribution is 2.40. The van der Waals surface area contributed by atoms with Crippen molar-refractivity contribution in [2.24, 2.45) is 0 Å². The van der Waals surface area contributed by atoms with E-state index in [1.165, 1.54) is 36.6 Å². The number of allylic oxidation sites excluding steroid dienone is 2. The second kappa shape index (κ2) is 12.5. The molecule has 0 radical (unpaired) electrons. The SMILES string of the molecule is C=C/C=C/C(=O)Nc1cc(Nc2nccc(-c3cnn4ccccc34)n2)c(OC(F)(F)F)cc1N(C)CCN(C)C. The molecule has 2 N–H and O–H groups in total. The number of ether oxygens (including phenoxy) is 1. The number of amides is 1. The fourth-order valence-corrected chi connectivity index (χ4v) is 3.91. The predicted octanol–water partition coefficient (Wildman–Crippen LogP) is 5.11. The number of carbonyl (C=O) groups is 1. The standard InChI is InChI=1S/C28H29F3N8O2/c1-5-6-10-26(40)34-21-16-22(25(41-28(29,30)31)17-24(21)38(4)15-14-37(2)3)36-27-32-12-11-20(35-27)19-18-33-39-13-8-7-9-23(19)39/h5-13,16-18H,1,14-15H2,2-4H3,(H,34,40)(H,32,35,36)/b10-6+.